The van der Waals surface area contributed by atoms with E-state index in [2.05, 4.69) is 11.7 Å². The number of carbonyl (C=O) groups excluding carboxylic acids is 5. The Morgan fingerprint density at radius 1 is 0.946 bits per heavy atom. The first kappa shape index (κ1) is 32.8. The number of ether oxygens (including phenoxy) is 4. The van der Waals surface area contributed by atoms with Crippen LogP contribution in [0.1, 0.15) is 79.1 Å². The van der Waals surface area contributed by atoms with E-state index < -0.39 is 42.1 Å². The topological polar surface area (TPSA) is 122 Å². The number of esters is 4. The molecule has 0 saturated carbocycles. The fourth-order valence-corrected chi connectivity index (χ4v) is 5.07. The van der Waals surface area contributed by atoms with Crippen LogP contribution in [0.4, 0.5) is 0 Å². The molecule has 9 nitrogen and oxygen atoms in total. The first-order valence-electron chi connectivity index (χ1n) is 12.7. The van der Waals surface area contributed by atoms with Crippen molar-refractivity contribution >= 4 is 52.3 Å². The Hall–Kier alpha value is -2.24. The van der Waals surface area contributed by atoms with Crippen LogP contribution in [0, 0.1) is 11.8 Å². The third-order valence-electron chi connectivity index (χ3n) is 5.97. The van der Waals surface area contributed by atoms with Crippen molar-refractivity contribution in [1.29, 1.82) is 0 Å². The molecule has 2 unspecified atom stereocenters. The minimum absolute atomic E-state index is 0.0986. The maximum atomic E-state index is 13.1. The Labute approximate surface area is 232 Å². The van der Waals surface area contributed by atoms with Crippen LogP contribution in [0.5, 0.6) is 0 Å². The van der Waals surface area contributed by atoms with Crippen molar-refractivity contribution < 1.29 is 42.9 Å². The summed E-state index contributed by atoms with van der Waals surface area (Å²) in [6.45, 7) is 5.96. The van der Waals surface area contributed by atoms with Gasteiger partial charge in [-0.15, -0.1) is 0 Å². The highest BCUT2D eigenvalue weighted by Crippen LogP contribution is 2.37. The monoisotopic (exact) mass is 634 g/mol. The second kappa shape index (κ2) is 17.3. The molecular weight excluding hydrogens is 595 g/mol. The smallest absolute Gasteiger partial charge is 0.305 e. The lowest BCUT2D eigenvalue weighted by atomic mass is 9.86. The number of hydrogen-bond acceptors (Lipinski definition) is 9. The van der Waals surface area contributed by atoms with Gasteiger partial charge < -0.3 is 18.9 Å². The van der Waals surface area contributed by atoms with Gasteiger partial charge in [0.15, 0.2) is 5.78 Å². The summed E-state index contributed by atoms with van der Waals surface area (Å²) in [6.07, 6.45) is 7.89. The molecule has 1 aliphatic carbocycles. The molecule has 0 aliphatic heterocycles. The molecule has 0 radical (unpaired) electrons. The molecule has 0 aromatic carbocycles. The Balaban J connectivity index is 3.12. The second-order valence-electron chi connectivity index (χ2n) is 9.09. The number of hydrogen-bond donors (Lipinski definition) is 0. The molecule has 10 heteroatoms. The van der Waals surface area contributed by atoms with E-state index in [9.17, 15) is 24.0 Å². The van der Waals surface area contributed by atoms with Crippen molar-refractivity contribution in [2.45, 2.75) is 97.4 Å². The Morgan fingerprint density at radius 3 is 2.14 bits per heavy atom. The first-order chi connectivity index (χ1) is 17.5. The van der Waals surface area contributed by atoms with Crippen molar-refractivity contribution in [2.75, 3.05) is 7.11 Å². The van der Waals surface area contributed by atoms with Crippen molar-refractivity contribution in [1.82, 2.24) is 0 Å². The van der Waals surface area contributed by atoms with Gasteiger partial charge in [0.1, 0.15) is 18.3 Å². The summed E-state index contributed by atoms with van der Waals surface area (Å²) in [4.78, 5) is 59.9. The van der Waals surface area contributed by atoms with Crippen LogP contribution in [0.25, 0.3) is 0 Å². The lowest BCUT2D eigenvalue weighted by Crippen LogP contribution is -2.38. The van der Waals surface area contributed by atoms with Gasteiger partial charge in [0, 0.05) is 39.0 Å². The van der Waals surface area contributed by atoms with Gasteiger partial charge in [-0.3, -0.25) is 24.0 Å². The Kier molecular flexibility index (Phi) is 15.3. The van der Waals surface area contributed by atoms with Gasteiger partial charge in [0.05, 0.1) is 10.7 Å². The number of rotatable bonds is 16. The molecule has 208 valence electrons. The number of Topliss-reactive ketones (excluding diaryl/α,β-unsaturated/α-hetero) is 1. The maximum Gasteiger partial charge on any atom is 0.305 e. The van der Waals surface area contributed by atoms with E-state index in [0.717, 1.165) is 19.3 Å². The van der Waals surface area contributed by atoms with Crippen molar-refractivity contribution in [3.05, 3.63) is 21.8 Å². The molecule has 0 heterocycles. The third kappa shape index (κ3) is 12.7. The molecule has 0 saturated heterocycles. The molecule has 0 aromatic heterocycles. The normalized spacial score (nSPS) is 19.6. The SMILES string of the molecule is CCCCC[C@@H](/C=C/[C@H]1C=C(I)C(=O)[C@@H]1CC(OC(C)=O)C(CCCC(=O)OC)OC(C)=O)OC(C)=O. The van der Waals surface area contributed by atoms with Crippen LogP contribution >= 0.6 is 22.6 Å². The zero-order valence-corrected chi connectivity index (χ0v) is 24.5. The molecule has 0 amide bonds. The molecular formula is C27H39IO9. The standard InChI is InChI=1S/C27H39IO9/c1-6-7-8-10-21(35-17(2)29)14-13-20-15-23(28)27(33)22(20)16-25(37-19(4)31)24(36-18(3)30)11-9-12-26(32)34-5/h13-15,20-22,24-25H,6-12,16H2,1-5H3/b14-13+/t20-,21-,22+,24?,25?/m0/s1. The van der Waals surface area contributed by atoms with Gasteiger partial charge in [-0.1, -0.05) is 31.9 Å². The third-order valence-corrected chi connectivity index (χ3v) is 6.86. The Bertz CT molecular complexity index is 864. The molecule has 1 rings (SSSR count). The van der Waals surface area contributed by atoms with Crippen molar-refractivity contribution in [3.63, 3.8) is 0 Å². The van der Waals surface area contributed by atoms with Gasteiger partial charge in [-0.25, -0.2) is 0 Å². The number of halogens is 1. The zero-order valence-electron chi connectivity index (χ0n) is 22.3. The largest absolute Gasteiger partial charge is 0.469 e. The summed E-state index contributed by atoms with van der Waals surface area (Å²) < 4.78 is 21.6. The average Bonchev–Trinajstić information content (AvgIpc) is 3.08. The summed E-state index contributed by atoms with van der Waals surface area (Å²) in [7, 11) is 1.29. The van der Waals surface area contributed by atoms with Crippen LogP contribution in [-0.4, -0.2) is 55.1 Å². The summed E-state index contributed by atoms with van der Waals surface area (Å²) in [5, 5.41) is 0. The van der Waals surface area contributed by atoms with E-state index >= 15 is 0 Å². The molecule has 0 N–H and O–H groups in total. The fourth-order valence-electron chi connectivity index (χ4n) is 4.25. The zero-order chi connectivity index (χ0) is 28.0. The van der Waals surface area contributed by atoms with Crippen molar-refractivity contribution in [3.8, 4) is 0 Å². The summed E-state index contributed by atoms with van der Waals surface area (Å²) in [5.41, 5.74) is 0. The van der Waals surface area contributed by atoms with Gasteiger partial charge in [0.25, 0.3) is 0 Å². The van der Waals surface area contributed by atoms with E-state index in [1.54, 1.807) is 0 Å². The lowest BCUT2D eigenvalue weighted by Gasteiger charge is -2.29. The molecule has 0 spiro atoms. The fraction of sp³-hybridized carbons (Fsp3) is 0.667. The van der Waals surface area contributed by atoms with Crippen LogP contribution < -0.4 is 0 Å². The van der Waals surface area contributed by atoms with Gasteiger partial charge >= 0.3 is 23.9 Å². The van der Waals surface area contributed by atoms with Crippen LogP contribution in [-0.2, 0) is 42.9 Å². The first-order valence-corrected chi connectivity index (χ1v) is 13.7. The van der Waals surface area contributed by atoms with E-state index in [4.69, 9.17) is 14.2 Å². The van der Waals surface area contributed by atoms with E-state index in [0.29, 0.717) is 16.4 Å². The summed E-state index contributed by atoms with van der Waals surface area (Å²) >= 11 is 1.98. The summed E-state index contributed by atoms with van der Waals surface area (Å²) in [5.74, 6) is -2.86. The summed E-state index contributed by atoms with van der Waals surface area (Å²) in [6, 6.07) is 0. The number of allylic oxidation sites excluding steroid dienone is 3. The average molecular weight is 635 g/mol. The number of ketones is 1. The van der Waals surface area contributed by atoms with E-state index in [-0.39, 0.29) is 36.9 Å². The highest BCUT2D eigenvalue weighted by molar-refractivity contribution is 14.1. The maximum absolute atomic E-state index is 13.1. The number of methoxy groups -OCH3 is 1. The molecule has 1 aliphatic rings. The predicted molar refractivity (Wildman–Crippen MR) is 145 cm³/mol. The number of unbranched alkanes of at least 4 members (excludes halogenated alkanes) is 2. The number of carbonyl (C=O) groups is 5. The second-order valence-corrected chi connectivity index (χ2v) is 10.3. The highest BCUT2D eigenvalue weighted by atomic mass is 127. The molecule has 0 bridgehead atoms. The predicted octanol–water partition coefficient (Wildman–Crippen LogP) is 4.79. The van der Waals surface area contributed by atoms with Gasteiger partial charge in [-0.05, 0) is 60.8 Å². The van der Waals surface area contributed by atoms with Crippen LogP contribution in [0.2, 0.25) is 0 Å². The lowest BCUT2D eigenvalue weighted by molar-refractivity contribution is -0.168. The van der Waals surface area contributed by atoms with Gasteiger partial charge in [0.2, 0.25) is 0 Å². The van der Waals surface area contributed by atoms with Gasteiger partial charge in [-0.2, -0.15) is 0 Å². The quantitative estimate of drug-likeness (QED) is 0.0776. The Morgan fingerprint density at radius 2 is 1.57 bits per heavy atom. The minimum atomic E-state index is -0.881. The highest BCUT2D eigenvalue weighted by Gasteiger charge is 2.39. The van der Waals surface area contributed by atoms with Crippen molar-refractivity contribution in [2.24, 2.45) is 11.8 Å². The molecule has 5 atom stereocenters. The van der Waals surface area contributed by atoms with Crippen LogP contribution in [0.15, 0.2) is 21.8 Å². The van der Waals surface area contributed by atoms with Crippen LogP contribution in [0.3, 0.4) is 0 Å². The minimum Gasteiger partial charge on any atom is -0.469 e. The molecule has 0 fully saturated rings. The molecule has 0 aromatic rings. The molecule has 37 heavy (non-hydrogen) atoms. The van der Waals surface area contributed by atoms with E-state index in [1.165, 1.54) is 27.9 Å². The van der Waals surface area contributed by atoms with E-state index in [1.807, 2.05) is 40.8 Å².